The van der Waals surface area contributed by atoms with Crippen LogP contribution in [0.4, 0.5) is 13.2 Å². The van der Waals surface area contributed by atoms with Crippen molar-refractivity contribution >= 4 is 82.5 Å². The number of nitrogens with zero attached hydrogens (tertiary/aromatic N) is 9. The van der Waals surface area contributed by atoms with Crippen molar-refractivity contribution in [2.45, 2.75) is 222 Å². The van der Waals surface area contributed by atoms with Crippen molar-refractivity contribution < 1.29 is 75.4 Å². The van der Waals surface area contributed by atoms with Gasteiger partial charge in [0.2, 0.25) is 70.9 Å². The highest BCUT2D eigenvalue weighted by Gasteiger charge is 2.53. The standard InChI is InChI=1S/C75H106ClF3N12O13/c1-11-46(3)63-71(101)85(6)41-61(94)83(4)42-62(95)86(7)57(38-48-26-24-45(2)25-27-48)69(99)84(5)40-59(92)80-55(33-29-47-28-32-53(54(76)37-47)75(77,78)79)68(98)90-36-18-23-56(90)66(96)82-74(34-15-16-35-74)73(103)89(10)65(50-19-13-12-14-20-50)72(102)87(8)58(70(100)91-51-30-31-52(91)44-104-43-51)39-60(93)88(9)64(67(97)81-63)49-21-17-22-49/h24-28,32,37,46,49-52,55-58,63-65H,11-23,29-31,33-36,38-44H2,1-10H3,(H,80,92)(H,81,97)(H,82,96)/t46-,51?,52?,55-,56-,57-,58-,63-,64-,65-/m0/s1. The van der Waals surface area contributed by atoms with Gasteiger partial charge >= 0.3 is 6.18 Å². The van der Waals surface area contributed by atoms with Crippen LogP contribution in [0.1, 0.15) is 158 Å². The number of aryl methyl sites for hydroxylation is 2. The van der Waals surface area contributed by atoms with Gasteiger partial charge in [0.05, 0.1) is 61.9 Å². The Bertz CT molecular complexity index is 3500. The van der Waals surface area contributed by atoms with E-state index in [-0.39, 0.29) is 81.8 Å². The maximum Gasteiger partial charge on any atom is 0.417 e. The third-order valence-electron chi connectivity index (χ3n) is 23.3. The van der Waals surface area contributed by atoms with Crippen molar-refractivity contribution in [3.8, 4) is 0 Å². The molecule has 0 aromatic heterocycles. The molecule has 10 atom stereocenters. The number of carbonyl (C=O) groups excluding carboxylic acids is 12. The van der Waals surface area contributed by atoms with Crippen LogP contribution >= 0.6 is 11.6 Å². The Morgan fingerprint density at radius 2 is 1.23 bits per heavy atom. The number of benzene rings is 2. The number of morpholine rings is 1. The van der Waals surface area contributed by atoms with E-state index in [1.807, 2.05) is 26.0 Å². The Kier molecular flexibility index (Phi) is 26.7. The molecular formula is C75H106ClF3N12O13. The molecule has 2 aromatic rings. The van der Waals surface area contributed by atoms with E-state index in [2.05, 4.69) is 16.0 Å². The lowest BCUT2D eigenvalue weighted by Crippen LogP contribution is -2.65. The summed E-state index contributed by atoms with van der Waals surface area (Å²) in [5.74, 6) is -9.17. The first-order chi connectivity index (χ1) is 49.2. The molecule has 4 saturated heterocycles. The molecule has 25 nitrogen and oxygen atoms in total. The number of ether oxygens (including phenoxy) is 1. The number of amides is 12. The van der Waals surface area contributed by atoms with Gasteiger partial charge in [-0.2, -0.15) is 13.2 Å². The van der Waals surface area contributed by atoms with Gasteiger partial charge in [-0.3, -0.25) is 57.5 Å². The average molecular weight is 1480 g/mol. The van der Waals surface area contributed by atoms with Gasteiger partial charge in [0.1, 0.15) is 47.8 Å². The van der Waals surface area contributed by atoms with Crippen LogP contribution < -0.4 is 16.0 Å². The zero-order valence-electron chi connectivity index (χ0n) is 61.9. The second-order valence-electron chi connectivity index (χ2n) is 30.4. The van der Waals surface area contributed by atoms with Gasteiger partial charge in [0, 0.05) is 62.3 Å². The number of hydrogen-bond donors (Lipinski definition) is 3. The maximum atomic E-state index is 16.0. The molecule has 7 aliphatic rings. The fraction of sp³-hybridized carbons (Fsp3) is 0.680. The molecule has 3 saturated carbocycles. The van der Waals surface area contributed by atoms with Crippen molar-refractivity contribution in [1.82, 2.24) is 60.0 Å². The van der Waals surface area contributed by atoms with Gasteiger partial charge in [-0.05, 0) is 125 Å². The largest absolute Gasteiger partial charge is 0.417 e. The Morgan fingerprint density at radius 3 is 1.84 bits per heavy atom. The molecule has 2 unspecified atom stereocenters. The van der Waals surface area contributed by atoms with Gasteiger partial charge in [-0.1, -0.05) is 106 Å². The molecule has 4 heterocycles. The maximum absolute atomic E-state index is 16.0. The van der Waals surface area contributed by atoms with E-state index < -0.39 is 173 Å². The zero-order chi connectivity index (χ0) is 75.8. The minimum Gasteiger partial charge on any atom is -0.377 e. The van der Waals surface area contributed by atoms with Crippen LogP contribution in [-0.4, -0.2) is 264 Å². The van der Waals surface area contributed by atoms with E-state index in [1.165, 1.54) is 75.0 Å². The summed E-state index contributed by atoms with van der Waals surface area (Å²) in [4.78, 5) is 193. The molecule has 9 rings (SSSR count). The van der Waals surface area contributed by atoms with Gasteiger partial charge in [-0.25, -0.2) is 0 Å². The molecule has 3 aliphatic carbocycles. The molecule has 7 fully saturated rings. The van der Waals surface area contributed by atoms with E-state index in [1.54, 1.807) is 24.0 Å². The highest BCUT2D eigenvalue weighted by Crippen LogP contribution is 2.40. The number of alkyl halides is 3. The molecule has 3 N–H and O–H groups in total. The summed E-state index contributed by atoms with van der Waals surface area (Å²) in [6, 6.07) is 0.747. The van der Waals surface area contributed by atoms with E-state index in [0.29, 0.717) is 69.8 Å². The third-order valence-corrected chi connectivity index (χ3v) is 23.6. The van der Waals surface area contributed by atoms with Crippen LogP contribution in [0.5, 0.6) is 0 Å². The first kappa shape index (κ1) is 80.2. The van der Waals surface area contributed by atoms with E-state index in [9.17, 15) is 37.1 Å². The molecule has 2 aromatic carbocycles. The van der Waals surface area contributed by atoms with E-state index >= 15 is 33.6 Å². The minimum absolute atomic E-state index is 0.0210. The number of fused-ring (bicyclic) bond motifs is 3. The number of nitrogens with one attached hydrogen (secondary N) is 3. The van der Waals surface area contributed by atoms with Crippen LogP contribution in [0.15, 0.2) is 42.5 Å². The summed E-state index contributed by atoms with van der Waals surface area (Å²) < 4.78 is 47.6. The number of rotatable bonds is 10. The third kappa shape index (κ3) is 18.3. The lowest BCUT2D eigenvalue weighted by molar-refractivity contribution is -0.160. The summed E-state index contributed by atoms with van der Waals surface area (Å²) >= 11 is 6.17. The van der Waals surface area contributed by atoms with Crippen LogP contribution in [-0.2, 0) is 81.3 Å². The number of carbonyl (C=O) groups is 12. The van der Waals surface area contributed by atoms with Crippen molar-refractivity contribution in [2.24, 2.45) is 17.8 Å². The molecule has 4 aliphatic heterocycles. The Hall–Kier alpha value is -7.88. The fourth-order valence-corrected chi connectivity index (χ4v) is 16.7. The van der Waals surface area contributed by atoms with Crippen LogP contribution in [0.3, 0.4) is 0 Å². The topological polar surface area (TPSA) is 279 Å². The predicted molar refractivity (Wildman–Crippen MR) is 379 cm³/mol. The van der Waals surface area contributed by atoms with Crippen LogP contribution in [0.25, 0.3) is 0 Å². The first-order valence-corrected chi connectivity index (χ1v) is 37.5. The van der Waals surface area contributed by atoms with Gasteiger partial charge in [0.25, 0.3) is 0 Å². The summed E-state index contributed by atoms with van der Waals surface area (Å²) in [7, 11) is 9.93. The molecule has 12 amide bonds. The van der Waals surface area contributed by atoms with Crippen LogP contribution in [0, 0.1) is 24.7 Å². The average Bonchev–Trinajstić information content (AvgIpc) is 1.25. The van der Waals surface area contributed by atoms with Gasteiger partial charge in [0.15, 0.2) is 0 Å². The molecule has 104 heavy (non-hydrogen) atoms. The van der Waals surface area contributed by atoms with Crippen molar-refractivity contribution in [3.63, 3.8) is 0 Å². The normalized spacial score (nSPS) is 27.9. The summed E-state index contributed by atoms with van der Waals surface area (Å²) in [5, 5.41) is 8.21. The highest BCUT2D eigenvalue weighted by molar-refractivity contribution is 6.31. The molecule has 1 spiro atoms. The molecule has 572 valence electrons. The quantitative estimate of drug-likeness (QED) is 0.278. The zero-order valence-corrected chi connectivity index (χ0v) is 62.7. The predicted octanol–water partition coefficient (Wildman–Crippen LogP) is 5.14. The molecule has 2 bridgehead atoms. The van der Waals surface area contributed by atoms with Gasteiger partial charge in [-0.15, -0.1) is 0 Å². The van der Waals surface area contributed by atoms with Crippen molar-refractivity contribution in [3.05, 3.63) is 69.7 Å². The second-order valence-corrected chi connectivity index (χ2v) is 30.8. The molecule has 0 radical (unpaired) electrons. The lowest BCUT2D eigenvalue weighted by atomic mass is 9.78. The highest BCUT2D eigenvalue weighted by atomic mass is 35.5. The molecule has 29 heteroatoms. The van der Waals surface area contributed by atoms with Crippen molar-refractivity contribution in [1.29, 1.82) is 0 Å². The number of hydrogen-bond acceptors (Lipinski definition) is 13. The summed E-state index contributed by atoms with van der Waals surface area (Å²) in [6.45, 7) is 4.20. The Morgan fingerprint density at radius 1 is 0.625 bits per heavy atom. The summed E-state index contributed by atoms with van der Waals surface area (Å²) in [6.07, 6.45) is 3.05. The monoisotopic (exact) mass is 1470 g/mol. The van der Waals surface area contributed by atoms with Crippen LogP contribution in [0.2, 0.25) is 5.02 Å². The first-order valence-electron chi connectivity index (χ1n) is 37.1. The SMILES string of the molecule is CC[C@H](C)[C@@H]1NC(=O)[C@H](C2CCC2)N(C)C(=O)C[C@@H](C(=O)N2C3CCC2COC3)N(C)C(=O)[C@H](C2CCCCC2)N(C)C(=O)C2(CCCC2)NC(=O)[C@@H]2CCCN2C(=O)[C@H](CCc2ccc(C(F)(F)F)c(Cl)c2)NC(=O)CN(C)C(=O)[C@H](Cc2ccc(C)cc2)N(C)C(=O)CN(C)C(=O)CN(C)C1=O. The van der Waals surface area contributed by atoms with Gasteiger partial charge < -0.3 is 64.8 Å². The lowest BCUT2D eigenvalue weighted by Gasteiger charge is -2.44. The Labute approximate surface area is 613 Å². The summed E-state index contributed by atoms with van der Waals surface area (Å²) in [5.41, 5.74) is -0.829. The van der Waals surface area contributed by atoms with Crippen molar-refractivity contribution in [2.75, 3.05) is 88.7 Å². The minimum atomic E-state index is -4.77. The second kappa shape index (κ2) is 34.6. The van der Waals surface area contributed by atoms with E-state index in [4.69, 9.17) is 16.3 Å². The number of halogens is 4. The molecular weight excluding hydrogens is 1370 g/mol. The fourth-order valence-electron chi connectivity index (χ4n) is 16.4. The van der Waals surface area contributed by atoms with E-state index in [0.717, 1.165) is 63.0 Å². The number of likely N-dealkylation sites (N-methyl/N-ethyl adjacent to an activating group) is 7. The Balaban J connectivity index is 1.09. The smallest absolute Gasteiger partial charge is 0.377 e.